The molecule has 1 aromatic carbocycles. The van der Waals surface area contributed by atoms with Gasteiger partial charge in [0.05, 0.1) is 17.8 Å². The summed E-state index contributed by atoms with van der Waals surface area (Å²) < 4.78 is 25.6. The second kappa shape index (κ2) is 4.90. The lowest BCUT2D eigenvalue weighted by molar-refractivity contribution is -0.0372. The Hall–Kier alpha value is -1.67. The Kier molecular flexibility index (Phi) is 3.80. The largest absolute Gasteiger partial charge is 0.390 e. The van der Waals surface area contributed by atoms with Gasteiger partial charge in [-0.1, -0.05) is 12.1 Å². The number of aryl methyl sites for hydroxylation is 1. The van der Waals surface area contributed by atoms with Crippen LogP contribution in [0.5, 0.6) is 0 Å². The summed E-state index contributed by atoms with van der Waals surface area (Å²) in [5.74, 6) is -3.19. The number of anilines is 1. The van der Waals surface area contributed by atoms with E-state index in [1.807, 2.05) is 6.07 Å². The van der Waals surface area contributed by atoms with E-state index in [0.29, 0.717) is 16.8 Å². The van der Waals surface area contributed by atoms with Crippen LogP contribution < -0.4 is 5.32 Å². The number of benzene rings is 1. The molecule has 1 rings (SSSR count). The third-order valence-electron chi connectivity index (χ3n) is 2.15. The fourth-order valence-electron chi connectivity index (χ4n) is 1.27. The fourth-order valence-corrected chi connectivity index (χ4v) is 1.27. The Bertz CT molecular complexity index is 413. The Morgan fingerprint density at radius 1 is 1.50 bits per heavy atom. The van der Waals surface area contributed by atoms with Crippen molar-refractivity contribution >= 4 is 5.69 Å². The van der Waals surface area contributed by atoms with Gasteiger partial charge in [-0.2, -0.15) is 5.26 Å². The number of halogens is 2. The summed E-state index contributed by atoms with van der Waals surface area (Å²) >= 11 is 0. The quantitative estimate of drug-likeness (QED) is 0.824. The van der Waals surface area contributed by atoms with Crippen molar-refractivity contribution in [2.45, 2.75) is 12.8 Å². The topological polar surface area (TPSA) is 56.0 Å². The van der Waals surface area contributed by atoms with Crippen LogP contribution in [-0.2, 0) is 0 Å². The van der Waals surface area contributed by atoms with Gasteiger partial charge in [0.15, 0.2) is 0 Å². The van der Waals surface area contributed by atoms with E-state index in [9.17, 15) is 8.78 Å². The van der Waals surface area contributed by atoms with Crippen LogP contribution in [0.3, 0.4) is 0 Å². The number of nitriles is 1. The Morgan fingerprint density at radius 2 is 2.19 bits per heavy atom. The number of aliphatic hydroxyl groups excluding tert-OH is 1. The zero-order valence-corrected chi connectivity index (χ0v) is 8.80. The molecule has 0 saturated heterocycles. The van der Waals surface area contributed by atoms with Crippen LogP contribution in [-0.4, -0.2) is 24.2 Å². The number of aliphatic hydroxyl groups is 1. The fraction of sp³-hybridized carbons (Fsp3) is 0.364. The zero-order chi connectivity index (χ0) is 12.2. The van der Waals surface area contributed by atoms with Crippen molar-refractivity contribution in [3.05, 3.63) is 29.3 Å². The maximum atomic E-state index is 12.8. The Labute approximate surface area is 92.3 Å². The van der Waals surface area contributed by atoms with Gasteiger partial charge in [-0.15, -0.1) is 0 Å². The molecule has 1 aromatic rings. The van der Waals surface area contributed by atoms with Gasteiger partial charge in [-0.25, -0.2) is 8.78 Å². The molecule has 0 aliphatic carbocycles. The minimum atomic E-state index is -3.19. The smallest absolute Gasteiger partial charge is 0.287 e. The number of hydrogen-bond acceptors (Lipinski definition) is 3. The summed E-state index contributed by atoms with van der Waals surface area (Å²) in [5, 5.41) is 19.7. The predicted octanol–water partition coefficient (Wildman–Crippen LogP) is 1.91. The number of nitrogens with zero attached hydrogens (tertiary/aromatic N) is 1. The normalized spacial score (nSPS) is 10.9. The molecule has 86 valence electrons. The van der Waals surface area contributed by atoms with Gasteiger partial charge in [0.2, 0.25) is 0 Å². The zero-order valence-electron chi connectivity index (χ0n) is 8.80. The first-order valence-corrected chi connectivity index (χ1v) is 4.72. The average molecular weight is 226 g/mol. The monoisotopic (exact) mass is 226 g/mol. The predicted molar refractivity (Wildman–Crippen MR) is 56.4 cm³/mol. The van der Waals surface area contributed by atoms with E-state index in [0.717, 1.165) is 0 Å². The molecule has 0 unspecified atom stereocenters. The van der Waals surface area contributed by atoms with Gasteiger partial charge in [0.1, 0.15) is 12.7 Å². The molecular weight excluding hydrogens is 214 g/mol. The molecule has 0 radical (unpaired) electrons. The molecule has 0 bridgehead atoms. The maximum absolute atomic E-state index is 12.8. The molecule has 0 spiro atoms. The number of rotatable bonds is 4. The third kappa shape index (κ3) is 2.91. The molecular formula is C11H12F2N2O. The van der Waals surface area contributed by atoms with Crippen molar-refractivity contribution in [3.63, 3.8) is 0 Å². The Morgan fingerprint density at radius 3 is 2.75 bits per heavy atom. The number of alkyl halides is 2. The van der Waals surface area contributed by atoms with E-state index >= 15 is 0 Å². The van der Waals surface area contributed by atoms with Crippen molar-refractivity contribution in [2.24, 2.45) is 0 Å². The van der Waals surface area contributed by atoms with Crippen molar-refractivity contribution in [1.82, 2.24) is 0 Å². The van der Waals surface area contributed by atoms with E-state index in [2.05, 4.69) is 5.32 Å². The molecule has 0 saturated carbocycles. The van der Waals surface area contributed by atoms with Crippen molar-refractivity contribution < 1.29 is 13.9 Å². The highest BCUT2D eigenvalue weighted by molar-refractivity contribution is 5.62. The molecule has 0 amide bonds. The Balaban J connectivity index is 2.86. The summed E-state index contributed by atoms with van der Waals surface area (Å²) in [6.07, 6.45) is 0. The van der Waals surface area contributed by atoms with Crippen LogP contribution >= 0.6 is 0 Å². The highest BCUT2D eigenvalue weighted by Gasteiger charge is 2.27. The minimum absolute atomic E-state index is 0.314. The molecule has 0 atom stereocenters. The molecule has 0 aliphatic rings. The minimum Gasteiger partial charge on any atom is -0.390 e. The lowest BCUT2D eigenvalue weighted by Crippen LogP contribution is -2.31. The highest BCUT2D eigenvalue weighted by atomic mass is 19.3. The summed E-state index contributed by atoms with van der Waals surface area (Å²) in [6.45, 7) is -0.183. The van der Waals surface area contributed by atoms with E-state index in [-0.39, 0.29) is 0 Å². The van der Waals surface area contributed by atoms with Crippen LogP contribution in [0, 0.1) is 18.3 Å². The first-order chi connectivity index (χ1) is 7.50. The average Bonchev–Trinajstić information content (AvgIpc) is 2.27. The first kappa shape index (κ1) is 12.4. The molecule has 16 heavy (non-hydrogen) atoms. The van der Waals surface area contributed by atoms with Crippen LogP contribution in [0.15, 0.2) is 18.2 Å². The van der Waals surface area contributed by atoms with Crippen molar-refractivity contribution in [2.75, 3.05) is 18.5 Å². The van der Waals surface area contributed by atoms with Gasteiger partial charge in [-0.3, -0.25) is 0 Å². The molecule has 5 heteroatoms. The molecule has 0 heterocycles. The standard InChI is InChI=1S/C11H12F2N2O/c1-8-3-2-4-9(5-14)10(8)15-6-11(12,13)7-16/h2-4,15-16H,6-7H2,1H3. The molecule has 3 nitrogen and oxygen atoms in total. The van der Waals surface area contributed by atoms with E-state index < -0.39 is 19.1 Å². The number of para-hydroxylation sites is 1. The third-order valence-corrected chi connectivity index (χ3v) is 2.15. The highest BCUT2D eigenvalue weighted by Crippen LogP contribution is 2.21. The maximum Gasteiger partial charge on any atom is 0.287 e. The SMILES string of the molecule is Cc1cccc(C#N)c1NCC(F)(F)CO. The van der Waals surface area contributed by atoms with Crippen LogP contribution in [0.4, 0.5) is 14.5 Å². The van der Waals surface area contributed by atoms with Crippen molar-refractivity contribution in [3.8, 4) is 6.07 Å². The van der Waals surface area contributed by atoms with Gasteiger partial charge in [0.25, 0.3) is 5.92 Å². The van der Waals surface area contributed by atoms with Crippen LogP contribution in [0.1, 0.15) is 11.1 Å². The second-order valence-electron chi connectivity index (χ2n) is 3.48. The summed E-state index contributed by atoms with van der Waals surface area (Å²) in [5.41, 5.74) is 1.42. The summed E-state index contributed by atoms with van der Waals surface area (Å²) in [6, 6.07) is 6.88. The van der Waals surface area contributed by atoms with Crippen molar-refractivity contribution in [1.29, 1.82) is 5.26 Å². The van der Waals surface area contributed by atoms with E-state index in [4.69, 9.17) is 10.4 Å². The van der Waals surface area contributed by atoms with Crippen LogP contribution in [0.25, 0.3) is 0 Å². The van der Waals surface area contributed by atoms with E-state index in [1.165, 1.54) is 0 Å². The lowest BCUT2D eigenvalue weighted by Gasteiger charge is -2.16. The summed E-state index contributed by atoms with van der Waals surface area (Å²) in [4.78, 5) is 0. The summed E-state index contributed by atoms with van der Waals surface area (Å²) in [7, 11) is 0. The van der Waals surface area contributed by atoms with Gasteiger partial charge < -0.3 is 10.4 Å². The van der Waals surface area contributed by atoms with Gasteiger partial charge in [-0.05, 0) is 18.6 Å². The molecule has 0 aliphatic heterocycles. The lowest BCUT2D eigenvalue weighted by atomic mass is 10.1. The molecule has 0 aromatic heterocycles. The van der Waals surface area contributed by atoms with Gasteiger partial charge >= 0.3 is 0 Å². The molecule has 2 N–H and O–H groups in total. The number of hydrogen-bond donors (Lipinski definition) is 2. The van der Waals surface area contributed by atoms with E-state index in [1.54, 1.807) is 25.1 Å². The number of nitrogens with one attached hydrogen (secondary N) is 1. The first-order valence-electron chi connectivity index (χ1n) is 4.72. The van der Waals surface area contributed by atoms with Gasteiger partial charge in [0, 0.05) is 0 Å². The second-order valence-corrected chi connectivity index (χ2v) is 3.48. The molecule has 0 fully saturated rings. The van der Waals surface area contributed by atoms with Crippen LogP contribution in [0.2, 0.25) is 0 Å².